The highest BCUT2D eigenvalue weighted by Crippen LogP contribution is 2.16. The maximum atomic E-state index is 8.95. The van der Waals surface area contributed by atoms with E-state index in [0.29, 0.717) is 12.5 Å². The number of aliphatic hydroxyl groups excluding tert-OH is 1. The second-order valence-corrected chi connectivity index (χ2v) is 3.81. The highest BCUT2D eigenvalue weighted by Gasteiger charge is 2.17. The van der Waals surface area contributed by atoms with E-state index in [1.54, 1.807) is 7.11 Å². The van der Waals surface area contributed by atoms with Gasteiger partial charge in [0, 0.05) is 26.9 Å². The summed E-state index contributed by atoms with van der Waals surface area (Å²) in [6.45, 7) is 4.67. The van der Waals surface area contributed by atoms with Crippen molar-refractivity contribution in [2.75, 3.05) is 40.0 Å². The molecule has 1 heterocycles. The summed E-state index contributed by atoms with van der Waals surface area (Å²) >= 11 is 0. The fourth-order valence-corrected chi connectivity index (χ4v) is 1.83. The molecule has 0 bridgehead atoms. The van der Waals surface area contributed by atoms with Gasteiger partial charge in [0.1, 0.15) is 0 Å². The van der Waals surface area contributed by atoms with E-state index in [2.05, 4.69) is 4.90 Å². The molecule has 1 aliphatic heterocycles. The molecule has 0 radical (unpaired) electrons. The van der Waals surface area contributed by atoms with Crippen molar-refractivity contribution in [3.05, 3.63) is 0 Å². The first-order valence-corrected chi connectivity index (χ1v) is 5.19. The van der Waals surface area contributed by atoms with E-state index in [1.165, 1.54) is 0 Å². The Morgan fingerprint density at radius 3 is 2.62 bits per heavy atom. The first-order chi connectivity index (χ1) is 6.36. The minimum absolute atomic E-state index is 0.367. The Morgan fingerprint density at radius 1 is 1.38 bits per heavy atom. The Balaban J connectivity index is 2.03. The Bertz CT molecular complexity index is 119. The van der Waals surface area contributed by atoms with Crippen molar-refractivity contribution in [3.8, 4) is 0 Å². The summed E-state index contributed by atoms with van der Waals surface area (Å²) in [5.74, 6) is 0.554. The van der Waals surface area contributed by atoms with Crippen molar-refractivity contribution in [1.82, 2.24) is 4.90 Å². The lowest BCUT2D eigenvalue weighted by molar-refractivity contribution is 0.118. The number of methoxy groups -OCH3 is 1. The fourth-order valence-electron chi connectivity index (χ4n) is 1.83. The van der Waals surface area contributed by atoms with E-state index in [4.69, 9.17) is 9.84 Å². The lowest BCUT2D eigenvalue weighted by Gasteiger charge is -2.30. The smallest absolute Gasteiger partial charge is 0.0474 e. The van der Waals surface area contributed by atoms with Gasteiger partial charge < -0.3 is 14.7 Å². The van der Waals surface area contributed by atoms with Crippen LogP contribution >= 0.6 is 0 Å². The van der Waals surface area contributed by atoms with Crippen molar-refractivity contribution < 1.29 is 9.84 Å². The third kappa shape index (κ3) is 4.07. The molecule has 0 aliphatic carbocycles. The van der Waals surface area contributed by atoms with Gasteiger partial charge in [-0.2, -0.15) is 0 Å². The van der Waals surface area contributed by atoms with Crippen LogP contribution in [-0.4, -0.2) is 50.0 Å². The summed E-state index contributed by atoms with van der Waals surface area (Å²) in [4.78, 5) is 2.46. The molecule has 1 fully saturated rings. The van der Waals surface area contributed by atoms with Gasteiger partial charge >= 0.3 is 0 Å². The molecule has 1 aliphatic rings. The third-order valence-electron chi connectivity index (χ3n) is 2.79. The van der Waals surface area contributed by atoms with Crippen LogP contribution in [0.1, 0.15) is 19.3 Å². The van der Waals surface area contributed by atoms with Gasteiger partial charge in [-0.25, -0.2) is 0 Å². The molecule has 13 heavy (non-hydrogen) atoms. The molecule has 1 rings (SSSR count). The fraction of sp³-hybridized carbons (Fsp3) is 1.00. The van der Waals surface area contributed by atoms with E-state index in [9.17, 15) is 0 Å². The first-order valence-electron chi connectivity index (χ1n) is 5.19. The van der Waals surface area contributed by atoms with E-state index >= 15 is 0 Å². The molecular weight excluding hydrogens is 166 g/mol. The Labute approximate surface area is 80.7 Å². The number of rotatable bonds is 5. The van der Waals surface area contributed by atoms with Crippen LogP contribution in [0.15, 0.2) is 0 Å². The lowest BCUT2D eigenvalue weighted by atomic mass is 9.98. The van der Waals surface area contributed by atoms with Crippen LogP contribution in [0.3, 0.4) is 0 Å². The zero-order valence-corrected chi connectivity index (χ0v) is 8.54. The van der Waals surface area contributed by atoms with Gasteiger partial charge in [0.25, 0.3) is 0 Å². The van der Waals surface area contributed by atoms with Gasteiger partial charge in [-0.05, 0) is 38.3 Å². The molecule has 0 aromatic heterocycles. The minimum atomic E-state index is 0.367. The van der Waals surface area contributed by atoms with Gasteiger partial charge in [-0.15, -0.1) is 0 Å². The van der Waals surface area contributed by atoms with Crippen molar-refractivity contribution >= 4 is 0 Å². The summed E-state index contributed by atoms with van der Waals surface area (Å²) in [6, 6.07) is 0. The van der Waals surface area contributed by atoms with Crippen molar-refractivity contribution in [1.29, 1.82) is 0 Å². The Hall–Kier alpha value is -0.120. The van der Waals surface area contributed by atoms with Crippen LogP contribution in [0.25, 0.3) is 0 Å². The standard InChI is InChI=1S/C10H21NO2/c1-13-8-2-5-11-6-3-10(9-12)4-7-11/h10,12H,2-9H2,1H3. The largest absolute Gasteiger partial charge is 0.396 e. The monoisotopic (exact) mass is 187 g/mol. The summed E-state index contributed by atoms with van der Waals surface area (Å²) in [7, 11) is 1.75. The van der Waals surface area contributed by atoms with Crippen LogP contribution in [0, 0.1) is 5.92 Å². The Kier molecular flexibility index (Phi) is 5.35. The van der Waals surface area contributed by atoms with Crippen LogP contribution in [0.4, 0.5) is 0 Å². The second-order valence-electron chi connectivity index (χ2n) is 3.81. The summed E-state index contributed by atoms with van der Waals surface area (Å²) in [5.41, 5.74) is 0. The van der Waals surface area contributed by atoms with E-state index in [1.807, 2.05) is 0 Å². The molecule has 0 saturated carbocycles. The SMILES string of the molecule is COCCCN1CCC(CO)CC1. The van der Waals surface area contributed by atoms with Crippen LogP contribution < -0.4 is 0 Å². The molecule has 0 amide bonds. The molecule has 3 heteroatoms. The van der Waals surface area contributed by atoms with Gasteiger partial charge in [0.2, 0.25) is 0 Å². The molecule has 3 nitrogen and oxygen atoms in total. The minimum Gasteiger partial charge on any atom is -0.396 e. The van der Waals surface area contributed by atoms with Gasteiger partial charge in [-0.3, -0.25) is 0 Å². The summed E-state index contributed by atoms with van der Waals surface area (Å²) in [5, 5.41) is 8.95. The van der Waals surface area contributed by atoms with E-state index < -0.39 is 0 Å². The molecular formula is C10H21NO2. The van der Waals surface area contributed by atoms with E-state index in [0.717, 1.165) is 45.5 Å². The number of hydrogen-bond acceptors (Lipinski definition) is 3. The summed E-state index contributed by atoms with van der Waals surface area (Å²) in [6.07, 6.45) is 3.44. The maximum Gasteiger partial charge on any atom is 0.0474 e. The molecule has 0 aromatic carbocycles. The third-order valence-corrected chi connectivity index (χ3v) is 2.79. The van der Waals surface area contributed by atoms with Crippen molar-refractivity contribution in [2.24, 2.45) is 5.92 Å². The van der Waals surface area contributed by atoms with Gasteiger partial charge in [0.15, 0.2) is 0 Å². The van der Waals surface area contributed by atoms with Crippen molar-refractivity contribution in [2.45, 2.75) is 19.3 Å². The molecule has 1 saturated heterocycles. The average Bonchev–Trinajstić information content (AvgIpc) is 2.19. The van der Waals surface area contributed by atoms with Crippen molar-refractivity contribution in [3.63, 3.8) is 0 Å². The molecule has 0 atom stereocenters. The number of nitrogens with zero attached hydrogens (tertiary/aromatic N) is 1. The maximum absolute atomic E-state index is 8.95. The average molecular weight is 187 g/mol. The molecule has 1 N–H and O–H groups in total. The highest BCUT2D eigenvalue weighted by atomic mass is 16.5. The summed E-state index contributed by atoms with van der Waals surface area (Å²) < 4.78 is 5.01. The molecule has 0 unspecified atom stereocenters. The quantitative estimate of drug-likeness (QED) is 0.644. The topological polar surface area (TPSA) is 32.7 Å². The zero-order chi connectivity index (χ0) is 9.52. The predicted octanol–water partition coefficient (Wildman–Crippen LogP) is 0.727. The highest BCUT2D eigenvalue weighted by molar-refractivity contribution is 4.71. The normalized spacial score (nSPS) is 20.8. The number of ether oxygens (including phenoxy) is 1. The molecule has 0 aromatic rings. The van der Waals surface area contributed by atoms with Crippen LogP contribution in [-0.2, 0) is 4.74 Å². The number of piperidine rings is 1. The number of likely N-dealkylation sites (tertiary alicyclic amines) is 1. The van der Waals surface area contributed by atoms with E-state index in [-0.39, 0.29) is 0 Å². The van der Waals surface area contributed by atoms with Crippen LogP contribution in [0.5, 0.6) is 0 Å². The lowest BCUT2D eigenvalue weighted by Crippen LogP contribution is -2.35. The number of aliphatic hydroxyl groups is 1. The molecule has 0 spiro atoms. The first kappa shape index (κ1) is 11.0. The molecule has 78 valence electrons. The zero-order valence-electron chi connectivity index (χ0n) is 8.54. The number of hydrogen-bond donors (Lipinski definition) is 1. The predicted molar refractivity (Wildman–Crippen MR) is 52.7 cm³/mol. The second kappa shape index (κ2) is 6.35. The van der Waals surface area contributed by atoms with Crippen LogP contribution in [0.2, 0.25) is 0 Å². The Morgan fingerprint density at radius 2 is 2.08 bits per heavy atom. The van der Waals surface area contributed by atoms with Gasteiger partial charge in [0.05, 0.1) is 0 Å². The van der Waals surface area contributed by atoms with Gasteiger partial charge in [-0.1, -0.05) is 0 Å².